The van der Waals surface area contributed by atoms with Crippen molar-refractivity contribution in [2.24, 2.45) is 0 Å². The molecule has 18 aromatic rings. The summed E-state index contributed by atoms with van der Waals surface area (Å²) in [5.74, 6) is 0. The summed E-state index contributed by atoms with van der Waals surface area (Å²) in [5, 5.41) is 27.4. The van der Waals surface area contributed by atoms with E-state index < -0.39 is 0 Å². The maximum absolute atomic E-state index is 15.0. The van der Waals surface area contributed by atoms with Gasteiger partial charge in [-0.25, -0.2) is 9.97 Å². The van der Waals surface area contributed by atoms with Gasteiger partial charge in [-0.3, -0.25) is 18.4 Å². The summed E-state index contributed by atoms with van der Waals surface area (Å²) in [4.78, 5) is 40.8. The van der Waals surface area contributed by atoms with E-state index in [4.69, 9.17) is 9.97 Å². The van der Waals surface area contributed by atoms with E-state index in [1.807, 2.05) is 33.1 Å². The van der Waals surface area contributed by atoms with Crippen LogP contribution in [-0.2, 0) is 0 Å². The van der Waals surface area contributed by atoms with Gasteiger partial charge in [-0.15, -0.1) is 0 Å². The van der Waals surface area contributed by atoms with Crippen molar-refractivity contribution in [3.63, 3.8) is 0 Å². The number of hydrogen-bond acceptors (Lipinski definition) is 4. The first-order valence-electron chi connectivity index (χ1n) is 23.2. The van der Waals surface area contributed by atoms with E-state index in [0.717, 1.165) is 141 Å². The lowest BCUT2D eigenvalue weighted by molar-refractivity contribution is 1.15. The van der Waals surface area contributed by atoms with E-state index in [2.05, 4.69) is 146 Å². The smallest absolute Gasteiger partial charge is 0.264 e. The normalized spacial score (nSPS) is 13.1. The van der Waals surface area contributed by atoms with Crippen LogP contribution in [0.4, 0.5) is 0 Å². The largest absolute Gasteiger partial charge is 0.268 e. The Morgan fingerprint density at radius 1 is 0.265 bits per heavy atom. The molecule has 0 saturated heterocycles. The maximum atomic E-state index is 15.0. The Morgan fingerprint density at radius 2 is 0.574 bits per heavy atom. The molecule has 0 unspecified atom stereocenters. The second-order valence-corrected chi connectivity index (χ2v) is 19.0. The number of rotatable bonds is 0. The number of benzene rings is 14. The van der Waals surface area contributed by atoms with E-state index in [-0.39, 0.29) is 11.1 Å². The molecule has 0 atom stereocenters. The Morgan fingerprint density at radius 3 is 0.956 bits per heavy atom. The molecule has 6 nitrogen and oxygen atoms in total. The molecule has 0 N–H and O–H groups in total. The van der Waals surface area contributed by atoms with E-state index in [1.54, 1.807) is 0 Å². The Bertz CT molecular complexity index is 5140. The molecule has 0 spiro atoms. The molecule has 0 amide bonds. The van der Waals surface area contributed by atoms with Crippen molar-refractivity contribution < 1.29 is 0 Å². The molecule has 68 heavy (non-hydrogen) atoms. The van der Waals surface area contributed by atoms with Crippen LogP contribution in [0.3, 0.4) is 0 Å². The molecule has 4 heterocycles. The summed E-state index contributed by atoms with van der Waals surface area (Å²) in [7, 11) is 0. The average molecular weight is 861 g/mol. The maximum Gasteiger partial charge on any atom is 0.264 e. The van der Waals surface area contributed by atoms with Crippen molar-refractivity contribution in [3.8, 4) is 0 Å². The Balaban J connectivity index is 0.970. The van der Waals surface area contributed by atoms with Crippen LogP contribution in [0.1, 0.15) is 0 Å². The van der Waals surface area contributed by atoms with Crippen LogP contribution in [0.2, 0.25) is 0 Å². The van der Waals surface area contributed by atoms with Gasteiger partial charge in [0, 0.05) is 53.9 Å². The highest BCUT2D eigenvalue weighted by atomic mass is 16.1. The van der Waals surface area contributed by atoms with Gasteiger partial charge >= 0.3 is 0 Å². The fourth-order valence-electron chi connectivity index (χ4n) is 13.3. The zero-order valence-corrected chi connectivity index (χ0v) is 35.8. The molecule has 0 radical (unpaired) electrons. The van der Waals surface area contributed by atoms with Crippen molar-refractivity contribution in [3.05, 3.63) is 191 Å². The minimum atomic E-state index is -0.0608. The van der Waals surface area contributed by atoms with Crippen LogP contribution in [0.5, 0.6) is 0 Å². The molecule has 0 fully saturated rings. The molecule has 18 rings (SSSR count). The number of pyridine rings is 2. The molecule has 0 aliphatic heterocycles. The first-order chi connectivity index (χ1) is 33.6. The predicted octanol–water partition coefficient (Wildman–Crippen LogP) is 14.8. The highest BCUT2D eigenvalue weighted by Gasteiger charge is 2.26. The highest BCUT2D eigenvalue weighted by Crippen LogP contribution is 2.50. The molecule has 4 aromatic heterocycles. The highest BCUT2D eigenvalue weighted by molar-refractivity contribution is 6.45. The molecular formula is C62H28N4O2. The lowest BCUT2D eigenvalue weighted by atomic mass is 9.82. The van der Waals surface area contributed by atoms with Crippen LogP contribution in [0, 0.1) is 0 Å². The van der Waals surface area contributed by atoms with Crippen molar-refractivity contribution in [1.29, 1.82) is 0 Å². The molecule has 14 aromatic carbocycles. The van der Waals surface area contributed by atoms with Crippen molar-refractivity contribution >= 4 is 173 Å². The van der Waals surface area contributed by atoms with Gasteiger partial charge in [0.05, 0.1) is 22.1 Å². The van der Waals surface area contributed by atoms with Gasteiger partial charge in [-0.1, -0.05) is 121 Å². The fraction of sp³-hybridized carbons (Fsp3) is 0. The first-order valence-corrected chi connectivity index (χ1v) is 23.2. The van der Waals surface area contributed by atoms with E-state index in [9.17, 15) is 9.59 Å². The topological polar surface area (TPSA) is 68.7 Å². The van der Waals surface area contributed by atoms with Gasteiger partial charge in [0.2, 0.25) is 0 Å². The standard InChI is InChI=1S/C62H28N4O2/c67-61-45-25-21-41-37-17-16-36-40-20-24-44-56-46(62(68)66-48-14-6-10-32-28-30-8-2-4-12-34(30)58(50(32)48)64-60(44)66)26-22-42(54(40)56)38-18-15-35(51(37)52(36)38)39-19-23-43(55(45)53(39)41)59-63-57-33-11-3-1-7-29(33)27-31-9-5-13-47(49(31)57)65(59)61/h1-28H. The monoisotopic (exact) mass is 860 g/mol. The van der Waals surface area contributed by atoms with Gasteiger partial charge in [0.15, 0.2) is 0 Å². The number of nitrogens with zero attached hydrogens (tertiary/aromatic N) is 4. The number of aromatic nitrogens is 4. The van der Waals surface area contributed by atoms with Crippen LogP contribution in [0.25, 0.3) is 173 Å². The Hall–Kier alpha value is -9.26. The molecule has 0 saturated carbocycles. The van der Waals surface area contributed by atoms with E-state index in [0.29, 0.717) is 22.1 Å². The summed E-state index contributed by atoms with van der Waals surface area (Å²) in [6.07, 6.45) is 0. The average Bonchev–Trinajstić information content (AvgIpc) is 3.38. The first kappa shape index (κ1) is 34.1. The molecule has 0 aliphatic carbocycles. The molecule has 308 valence electrons. The summed E-state index contributed by atoms with van der Waals surface area (Å²) in [6, 6.07) is 60.0. The van der Waals surface area contributed by atoms with Crippen LogP contribution in [0.15, 0.2) is 179 Å². The van der Waals surface area contributed by atoms with Gasteiger partial charge in [-0.2, -0.15) is 0 Å². The van der Waals surface area contributed by atoms with Crippen molar-refractivity contribution in [2.45, 2.75) is 0 Å². The van der Waals surface area contributed by atoms with Crippen LogP contribution >= 0.6 is 0 Å². The zero-order chi connectivity index (χ0) is 44.0. The van der Waals surface area contributed by atoms with Crippen molar-refractivity contribution in [1.82, 2.24) is 18.8 Å². The van der Waals surface area contributed by atoms with Gasteiger partial charge in [-0.05, 0) is 135 Å². The zero-order valence-electron chi connectivity index (χ0n) is 35.8. The third-order valence-electron chi connectivity index (χ3n) is 16.0. The van der Waals surface area contributed by atoms with Gasteiger partial charge < -0.3 is 0 Å². The van der Waals surface area contributed by atoms with Crippen LogP contribution in [-0.4, -0.2) is 18.8 Å². The molecule has 0 aliphatic rings. The van der Waals surface area contributed by atoms with E-state index >= 15 is 0 Å². The lowest BCUT2D eigenvalue weighted by Crippen LogP contribution is -2.17. The van der Waals surface area contributed by atoms with Crippen molar-refractivity contribution in [2.75, 3.05) is 0 Å². The predicted molar refractivity (Wildman–Crippen MR) is 284 cm³/mol. The Kier molecular flexibility index (Phi) is 5.63. The van der Waals surface area contributed by atoms with Gasteiger partial charge in [0.1, 0.15) is 11.3 Å². The molecule has 6 heteroatoms. The lowest BCUT2D eigenvalue weighted by Gasteiger charge is -2.22. The number of hydrogen-bond donors (Lipinski definition) is 0. The Labute approximate surface area is 381 Å². The second-order valence-electron chi connectivity index (χ2n) is 19.0. The molecule has 0 bridgehead atoms. The third kappa shape index (κ3) is 3.68. The summed E-state index contributed by atoms with van der Waals surface area (Å²) in [6.45, 7) is 0. The SMILES string of the molecule is O=c1c2ccc3c4ccc5c6ccc7c8c(ccc(c9ccc(c%10ccc(c2c3%10)c2nc3c%10ccccc%10cc%10cccc(c%103)n12)c4c95)c68)c(=O)n1c2cccc3cc4ccccc4c(nc71)c32. The fourth-order valence-corrected chi connectivity index (χ4v) is 13.3. The quantitative estimate of drug-likeness (QED) is 0.112. The number of fused-ring (bicyclic) bond motifs is 14. The summed E-state index contributed by atoms with van der Waals surface area (Å²) < 4.78 is 3.68. The minimum absolute atomic E-state index is 0.0608. The third-order valence-corrected chi connectivity index (χ3v) is 16.0. The minimum Gasteiger partial charge on any atom is -0.268 e. The van der Waals surface area contributed by atoms with Crippen LogP contribution < -0.4 is 11.1 Å². The van der Waals surface area contributed by atoms with Gasteiger partial charge in [0.25, 0.3) is 11.1 Å². The molecular weight excluding hydrogens is 833 g/mol. The second kappa shape index (κ2) is 11.2. The summed E-state index contributed by atoms with van der Waals surface area (Å²) >= 11 is 0. The van der Waals surface area contributed by atoms with E-state index in [1.165, 1.54) is 10.8 Å². The summed E-state index contributed by atoms with van der Waals surface area (Å²) in [5.41, 5.74) is 4.78.